The zero-order valence-corrected chi connectivity index (χ0v) is 11.4. The first-order valence-electron chi connectivity index (χ1n) is 6.95. The summed E-state index contributed by atoms with van der Waals surface area (Å²) < 4.78 is 0. The van der Waals surface area contributed by atoms with Gasteiger partial charge in [-0.2, -0.15) is 0 Å². The first-order chi connectivity index (χ1) is 8.31. The van der Waals surface area contributed by atoms with E-state index in [0.717, 1.165) is 17.9 Å². The molecule has 2 aliphatic carbocycles. The van der Waals surface area contributed by atoms with Crippen molar-refractivity contribution in [2.45, 2.75) is 51.5 Å². The first kappa shape index (κ1) is 11.7. The number of aromatic nitrogens is 1. The molecule has 1 heterocycles. The molecule has 3 heteroatoms. The van der Waals surface area contributed by atoms with Crippen molar-refractivity contribution in [1.29, 1.82) is 0 Å². The standard InChI is InChI=1S/C14H22N2S/c1-10-9-17-14(16-10)7-11-3-2-4-12(11)8-15-13-5-6-13/h9,11-13,15H,2-8H2,1H3. The lowest BCUT2D eigenvalue weighted by molar-refractivity contribution is 0.363. The summed E-state index contributed by atoms with van der Waals surface area (Å²) in [5.41, 5.74) is 1.19. The van der Waals surface area contributed by atoms with Crippen LogP contribution in [0, 0.1) is 18.8 Å². The van der Waals surface area contributed by atoms with Gasteiger partial charge in [0.25, 0.3) is 0 Å². The summed E-state index contributed by atoms with van der Waals surface area (Å²) in [6, 6.07) is 0.860. The lowest BCUT2D eigenvalue weighted by Gasteiger charge is -2.19. The molecule has 0 aliphatic heterocycles. The average molecular weight is 250 g/mol. The highest BCUT2D eigenvalue weighted by molar-refractivity contribution is 7.09. The number of aryl methyl sites for hydroxylation is 1. The topological polar surface area (TPSA) is 24.9 Å². The Balaban J connectivity index is 1.53. The van der Waals surface area contributed by atoms with E-state index in [4.69, 9.17) is 0 Å². The molecule has 1 aromatic rings. The molecule has 0 bridgehead atoms. The largest absolute Gasteiger partial charge is 0.314 e. The molecule has 0 aromatic carbocycles. The minimum atomic E-state index is 0.860. The van der Waals surface area contributed by atoms with Gasteiger partial charge >= 0.3 is 0 Å². The van der Waals surface area contributed by atoms with Gasteiger partial charge in [-0.3, -0.25) is 0 Å². The van der Waals surface area contributed by atoms with Crippen molar-refractivity contribution >= 4 is 11.3 Å². The number of thiazole rings is 1. The van der Waals surface area contributed by atoms with Crippen molar-refractivity contribution in [3.05, 3.63) is 16.1 Å². The van der Waals surface area contributed by atoms with Crippen molar-refractivity contribution in [3.63, 3.8) is 0 Å². The van der Waals surface area contributed by atoms with Crippen LogP contribution < -0.4 is 5.32 Å². The molecule has 0 amide bonds. The van der Waals surface area contributed by atoms with E-state index in [9.17, 15) is 0 Å². The summed E-state index contributed by atoms with van der Waals surface area (Å²) in [6.45, 7) is 3.35. The maximum atomic E-state index is 4.61. The minimum absolute atomic E-state index is 0.860. The Kier molecular flexibility index (Phi) is 3.48. The Morgan fingerprint density at radius 3 is 2.82 bits per heavy atom. The average Bonchev–Trinajstić information content (AvgIpc) is 2.90. The van der Waals surface area contributed by atoms with Crippen LogP contribution in [0.4, 0.5) is 0 Å². The fourth-order valence-electron chi connectivity index (χ4n) is 2.98. The summed E-state index contributed by atoms with van der Waals surface area (Å²) >= 11 is 1.84. The van der Waals surface area contributed by atoms with Gasteiger partial charge in [-0.15, -0.1) is 11.3 Å². The normalized spacial score (nSPS) is 28.8. The number of hydrogen-bond acceptors (Lipinski definition) is 3. The third-order valence-electron chi connectivity index (χ3n) is 4.17. The molecule has 2 fully saturated rings. The third kappa shape index (κ3) is 3.08. The Labute approximate surface area is 108 Å². The Morgan fingerprint density at radius 1 is 1.29 bits per heavy atom. The molecule has 1 aromatic heterocycles. The van der Waals surface area contributed by atoms with Gasteiger partial charge in [0.2, 0.25) is 0 Å². The zero-order valence-electron chi connectivity index (χ0n) is 10.6. The van der Waals surface area contributed by atoms with Crippen molar-refractivity contribution in [2.75, 3.05) is 6.54 Å². The molecule has 0 radical (unpaired) electrons. The Bertz CT molecular complexity index is 370. The highest BCUT2D eigenvalue weighted by Gasteiger charge is 2.30. The molecule has 94 valence electrons. The van der Waals surface area contributed by atoms with Crippen LogP contribution in [-0.4, -0.2) is 17.6 Å². The van der Waals surface area contributed by atoms with E-state index >= 15 is 0 Å². The molecular formula is C14H22N2S. The van der Waals surface area contributed by atoms with Crippen LogP contribution in [0.15, 0.2) is 5.38 Å². The van der Waals surface area contributed by atoms with Gasteiger partial charge in [-0.25, -0.2) is 4.98 Å². The molecule has 0 saturated heterocycles. The number of nitrogens with zero attached hydrogens (tertiary/aromatic N) is 1. The Morgan fingerprint density at radius 2 is 2.12 bits per heavy atom. The lowest BCUT2D eigenvalue weighted by atomic mass is 9.93. The van der Waals surface area contributed by atoms with Gasteiger partial charge in [0.15, 0.2) is 0 Å². The van der Waals surface area contributed by atoms with E-state index in [2.05, 4.69) is 22.6 Å². The molecular weight excluding hydrogens is 228 g/mol. The predicted octanol–water partition coefficient (Wildman–Crippen LogP) is 3.16. The third-order valence-corrected chi connectivity index (χ3v) is 5.15. The second kappa shape index (κ2) is 5.07. The van der Waals surface area contributed by atoms with Crippen LogP contribution >= 0.6 is 11.3 Å². The molecule has 17 heavy (non-hydrogen) atoms. The molecule has 2 aliphatic rings. The molecule has 2 atom stereocenters. The van der Waals surface area contributed by atoms with Crippen LogP contribution in [0.5, 0.6) is 0 Å². The smallest absolute Gasteiger partial charge is 0.0930 e. The van der Waals surface area contributed by atoms with Crippen molar-refractivity contribution < 1.29 is 0 Å². The van der Waals surface area contributed by atoms with Gasteiger partial charge in [0.05, 0.1) is 5.01 Å². The summed E-state index contributed by atoms with van der Waals surface area (Å²) in [5.74, 6) is 1.78. The van der Waals surface area contributed by atoms with E-state index in [1.54, 1.807) is 0 Å². The van der Waals surface area contributed by atoms with Crippen LogP contribution in [0.2, 0.25) is 0 Å². The summed E-state index contributed by atoms with van der Waals surface area (Å²) in [7, 11) is 0. The van der Waals surface area contributed by atoms with Crippen molar-refractivity contribution in [3.8, 4) is 0 Å². The fourth-order valence-corrected chi connectivity index (χ4v) is 3.84. The van der Waals surface area contributed by atoms with Gasteiger partial charge in [-0.1, -0.05) is 6.42 Å². The molecule has 0 spiro atoms. The highest BCUT2D eigenvalue weighted by Crippen LogP contribution is 2.35. The minimum Gasteiger partial charge on any atom is -0.314 e. The maximum absolute atomic E-state index is 4.61. The number of hydrogen-bond donors (Lipinski definition) is 1. The van der Waals surface area contributed by atoms with Gasteiger partial charge in [0, 0.05) is 23.5 Å². The Hall–Kier alpha value is -0.410. The van der Waals surface area contributed by atoms with Crippen molar-refractivity contribution in [2.24, 2.45) is 11.8 Å². The molecule has 2 nitrogen and oxygen atoms in total. The summed E-state index contributed by atoms with van der Waals surface area (Å²) in [6.07, 6.45) is 8.29. The van der Waals surface area contributed by atoms with E-state index in [-0.39, 0.29) is 0 Å². The second-order valence-corrected chi connectivity index (χ2v) is 6.66. The van der Waals surface area contributed by atoms with Crippen LogP contribution in [0.3, 0.4) is 0 Å². The predicted molar refractivity (Wildman–Crippen MR) is 72.4 cm³/mol. The summed E-state index contributed by atoms with van der Waals surface area (Å²) in [5, 5.41) is 7.24. The monoisotopic (exact) mass is 250 g/mol. The summed E-state index contributed by atoms with van der Waals surface area (Å²) in [4.78, 5) is 4.61. The molecule has 2 unspecified atom stereocenters. The van der Waals surface area contributed by atoms with E-state index in [0.29, 0.717) is 0 Å². The van der Waals surface area contributed by atoms with E-state index in [1.807, 2.05) is 11.3 Å². The number of rotatable bonds is 5. The van der Waals surface area contributed by atoms with E-state index < -0.39 is 0 Å². The quantitative estimate of drug-likeness (QED) is 0.868. The maximum Gasteiger partial charge on any atom is 0.0930 e. The van der Waals surface area contributed by atoms with E-state index in [1.165, 1.54) is 55.8 Å². The second-order valence-electron chi connectivity index (χ2n) is 5.72. The fraction of sp³-hybridized carbons (Fsp3) is 0.786. The lowest BCUT2D eigenvalue weighted by Crippen LogP contribution is -2.27. The first-order valence-corrected chi connectivity index (χ1v) is 7.83. The van der Waals surface area contributed by atoms with Crippen molar-refractivity contribution in [1.82, 2.24) is 10.3 Å². The van der Waals surface area contributed by atoms with Gasteiger partial charge < -0.3 is 5.32 Å². The highest BCUT2D eigenvalue weighted by atomic mass is 32.1. The zero-order chi connectivity index (χ0) is 11.7. The number of nitrogens with one attached hydrogen (secondary N) is 1. The van der Waals surface area contributed by atoms with Crippen LogP contribution in [0.1, 0.15) is 42.8 Å². The van der Waals surface area contributed by atoms with Crippen LogP contribution in [0.25, 0.3) is 0 Å². The molecule has 1 N–H and O–H groups in total. The van der Waals surface area contributed by atoms with Crippen LogP contribution in [-0.2, 0) is 6.42 Å². The van der Waals surface area contributed by atoms with Gasteiger partial charge in [-0.05, 0) is 51.0 Å². The SMILES string of the molecule is Cc1csc(CC2CCCC2CNC2CC2)n1. The molecule has 3 rings (SSSR count). The molecule has 2 saturated carbocycles. The van der Waals surface area contributed by atoms with Gasteiger partial charge in [0.1, 0.15) is 0 Å².